The van der Waals surface area contributed by atoms with Crippen LogP contribution in [0.15, 0.2) is 30.5 Å². The lowest BCUT2D eigenvalue weighted by molar-refractivity contribution is 0.102. The molecular weight excluding hydrogens is 307 g/mol. The van der Waals surface area contributed by atoms with Crippen LogP contribution in [-0.2, 0) is 0 Å². The van der Waals surface area contributed by atoms with Crippen molar-refractivity contribution in [3.8, 4) is 0 Å². The van der Waals surface area contributed by atoms with Gasteiger partial charge in [-0.2, -0.15) is 0 Å². The zero-order chi connectivity index (χ0) is 15.5. The van der Waals surface area contributed by atoms with Crippen LogP contribution in [-0.4, -0.2) is 29.0 Å². The molecule has 1 N–H and O–H groups in total. The monoisotopic (exact) mass is 320 g/mol. The molecule has 0 spiro atoms. The first kappa shape index (κ1) is 14.7. The maximum atomic E-state index is 13.1. The first-order valence-electron chi connectivity index (χ1n) is 6.98. The third-order valence-electron chi connectivity index (χ3n) is 3.44. The Morgan fingerprint density at radius 1 is 1.27 bits per heavy atom. The maximum absolute atomic E-state index is 13.1. The quantitative estimate of drug-likeness (QED) is 0.944. The molecule has 22 heavy (non-hydrogen) atoms. The maximum Gasteiger partial charge on any atom is 0.274 e. The predicted molar refractivity (Wildman–Crippen MR) is 82.8 cm³/mol. The zero-order valence-electron chi connectivity index (χ0n) is 11.7. The molecular formula is C15H14ClFN4O. The Hall–Kier alpha value is -2.21. The Labute approximate surface area is 132 Å². The molecule has 0 radical (unpaired) electrons. The van der Waals surface area contributed by atoms with Crippen LogP contribution in [0.5, 0.6) is 0 Å². The first-order chi connectivity index (χ1) is 10.6. The summed E-state index contributed by atoms with van der Waals surface area (Å²) >= 11 is 5.70. The van der Waals surface area contributed by atoms with Crippen molar-refractivity contribution >= 4 is 29.1 Å². The van der Waals surface area contributed by atoms with Crippen molar-refractivity contribution in [1.82, 2.24) is 9.97 Å². The summed E-state index contributed by atoms with van der Waals surface area (Å²) in [6.45, 7) is 1.80. The van der Waals surface area contributed by atoms with Crippen LogP contribution < -0.4 is 10.2 Å². The predicted octanol–water partition coefficient (Wildman–Crippen LogP) is 3.12. The minimum absolute atomic E-state index is 0.0433. The highest BCUT2D eigenvalue weighted by Crippen LogP contribution is 2.20. The largest absolute Gasteiger partial charge is 0.341 e. The van der Waals surface area contributed by atoms with Crippen molar-refractivity contribution in [2.24, 2.45) is 0 Å². The number of hydrogen-bond acceptors (Lipinski definition) is 4. The van der Waals surface area contributed by atoms with Gasteiger partial charge in [-0.3, -0.25) is 4.79 Å². The van der Waals surface area contributed by atoms with E-state index in [1.54, 1.807) is 12.3 Å². The van der Waals surface area contributed by atoms with E-state index in [0.717, 1.165) is 25.9 Å². The van der Waals surface area contributed by atoms with Crippen LogP contribution in [0.4, 0.5) is 16.0 Å². The topological polar surface area (TPSA) is 58.1 Å². The van der Waals surface area contributed by atoms with Gasteiger partial charge in [0.25, 0.3) is 5.91 Å². The Morgan fingerprint density at radius 2 is 2.05 bits per heavy atom. The second-order valence-electron chi connectivity index (χ2n) is 5.02. The van der Waals surface area contributed by atoms with E-state index in [9.17, 15) is 9.18 Å². The van der Waals surface area contributed by atoms with E-state index in [1.165, 1.54) is 18.2 Å². The molecule has 7 heteroatoms. The number of aromatic nitrogens is 2. The van der Waals surface area contributed by atoms with Crippen molar-refractivity contribution in [3.05, 3.63) is 47.0 Å². The van der Waals surface area contributed by atoms with E-state index in [2.05, 4.69) is 15.3 Å². The van der Waals surface area contributed by atoms with Gasteiger partial charge in [-0.1, -0.05) is 11.6 Å². The van der Waals surface area contributed by atoms with Gasteiger partial charge < -0.3 is 10.2 Å². The Morgan fingerprint density at radius 3 is 2.77 bits per heavy atom. The number of benzene rings is 1. The van der Waals surface area contributed by atoms with Crippen LogP contribution in [0.1, 0.15) is 23.3 Å². The first-order valence-corrected chi connectivity index (χ1v) is 7.36. The van der Waals surface area contributed by atoms with Gasteiger partial charge >= 0.3 is 0 Å². The van der Waals surface area contributed by atoms with Crippen LogP contribution in [0, 0.1) is 5.82 Å². The number of carbonyl (C=O) groups excluding carboxylic acids is 1. The molecule has 1 aromatic carbocycles. The molecule has 1 aromatic heterocycles. The number of amides is 1. The Bertz CT molecular complexity index is 704. The van der Waals surface area contributed by atoms with Gasteiger partial charge in [-0.15, -0.1) is 0 Å². The lowest BCUT2D eigenvalue weighted by Gasteiger charge is -2.15. The third-order valence-corrected chi connectivity index (χ3v) is 3.73. The van der Waals surface area contributed by atoms with E-state index in [1.807, 2.05) is 4.90 Å². The van der Waals surface area contributed by atoms with Gasteiger partial charge in [-0.05, 0) is 37.1 Å². The summed E-state index contributed by atoms with van der Waals surface area (Å²) in [5, 5.41) is 2.60. The molecule has 2 aromatic rings. The summed E-state index contributed by atoms with van der Waals surface area (Å²) < 4.78 is 13.1. The SMILES string of the molecule is O=C(Nc1ccc(F)c(Cl)c1)c1ccnc(N2CCCC2)n1. The van der Waals surface area contributed by atoms with Crippen molar-refractivity contribution in [2.45, 2.75) is 12.8 Å². The molecule has 2 heterocycles. The normalized spacial score (nSPS) is 14.2. The van der Waals surface area contributed by atoms with Gasteiger partial charge in [0.2, 0.25) is 5.95 Å². The highest BCUT2D eigenvalue weighted by Gasteiger charge is 2.17. The third kappa shape index (κ3) is 3.17. The summed E-state index contributed by atoms with van der Waals surface area (Å²) in [5.74, 6) is -0.356. The molecule has 114 valence electrons. The van der Waals surface area contributed by atoms with E-state index >= 15 is 0 Å². The molecule has 5 nitrogen and oxygen atoms in total. The van der Waals surface area contributed by atoms with E-state index in [-0.39, 0.29) is 16.6 Å². The molecule has 0 aliphatic carbocycles. The van der Waals surface area contributed by atoms with Crippen LogP contribution >= 0.6 is 11.6 Å². The lowest BCUT2D eigenvalue weighted by Crippen LogP contribution is -2.22. The average molecular weight is 321 g/mol. The lowest BCUT2D eigenvalue weighted by atomic mass is 10.3. The van der Waals surface area contributed by atoms with Crippen LogP contribution in [0.2, 0.25) is 5.02 Å². The van der Waals surface area contributed by atoms with Gasteiger partial charge in [-0.25, -0.2) is 14.4 Å². The molecule has 3 rings (SSSR count). The van der Waals surface area contributed by atoms with E-state index in [0.29, 0.717) is 11.6 Å². The summed E-state index contributed by atoms with van der Waals surface area (Å²) in [6, 6.07) is 5.55. The summed E-state index contributed by atoms with van der Waals surface area (Å²) in [4.78, 5) is 22.8. The minimum atomic E-state index is -0.530. The number of nitrogens with zero attached hydrogens (tertiary/aromatic N) is 3. The summed E-state index contributed by atoms with van der Waals surface area (Å²) in [6.07, 6.45) is 3.77. The van der Waals surface area contributed by atoms with Crippen molar-refractivity contribution in [1.29, 1.82) is 0 Å². The highest BCUT2D eigenvalue weighted by atomic mass is 35.5. The molecule has 1 amide bonds. The number of anilines is 2. The molecule has 0 unspecified atom stereocenters. The standard InChI is InChI=1S/C15H14ClFN4O/c16-11-9-10(3-4-12(11)17)19-14(22)13-5-6-18-15(20-13)21-7-1-2-8-21/h3-6,9H,1-2,7-8H2,(H,19,22). The van der Waals surface area contributed by atoms with Gasteiger partial charge in [0.05, 0.1) is 5.02 Å². The van der Waals surface area contributed by atoms with Crippen molar-refractivity contribution < 1.29 is 9.18 Å². The fourth-order valence-electron chi connectivity index (χ4n) is 2.31. The molecule has 1 aliphatic heterocycles. The van der Waals surface area contributed by atoms with Crippen LogP contribution in [0.25, 0.3) is 0 Å². The number of rotatable bonds is 3. The highest BCUT2D eigenvalue weighted by molar-refractivity contribution is 6.31. The Balaban J connectivity index is 1.76. The van der Waals surface area contributed by atoms with Crippen molar-refractivity contribution in [3.63, 3.8) is 0 Å². The van der Waals surface area contributed by atoms with Gasteiger partial charge in [0.1, 0.15) is 11.5 Å². The fourth-order valence-corrected chi connectivity index (χ4v) is 2.49. The smallest absolute Gasteiger partial charge is 0.274 e. The van der Waals surface area contributed by atoms with Crippen molar-refractivity contribution in [2.75, 3.05) is 23.3 Å². The fraction of sp³-hybridized carbons (Fsp3) is 0.267. The number of hydrogen-bond donors (Lipinski definition) is 1. The second kappa shape index (κ2) is 6.27. The Kier molecular flexibility index (Phi) is 4.20. The number of nitrogens with one attached hydrogen (secondary N) is 1. The summed E-state index contributed by atoms with van der Waals surface area (Å²) in [5.41, 5.74) is 0.676. The van der Waals surface area contributed by atoms with Gasteiger partial charge in [0, 0.05) is 25.0 Å². The number of carbonyl (C=O) groups is 1. The molecule has 1 aliphatic rings. The molecule has 0 bridgehead atoms. The second-order valence-corrected chi connectivity index (χ2v) is 5.43. The molecule has 1 saturated heterocycles. The van der Waals surface area contributed by atoms with E-state index in [4.69, 9.17) is 11.6 Å². The van der Waals surface area contributed by atoms with Crippen LogP contribution in [0.3, 0.4) is 0 Å². The molecule has 0 atom stereocenters. The van der Waals surface area contributed by atoms with Gasteiger partial charge in [0.15, 0.2) is 0 Å². The van der Waals surface area contributed by atoms with E-state index < -0.39 is 5.82 Å². The number of halogens is 2. The average Bonchev–Trinajstić information content (AvgIpc) is 3.05. The minimum Gasteiger partial charge on any atom is -0.341 e. The summed E-state index contributed by atoms with van der Waals surface area (Å²) in [7, 11) is 0. The zero-order valence-corrected chi connectivity index (χ0v) is 12.5. The molecule has 0 saturated carbocycles. The molecule has 1 fully saturated rings.